The molecule has 28 heavy (non-hydrogen) atoms. The second-order valence-electron chi connectivity index (χ2n) is 6.25. The summed E-state index contributed by atoms with van der Waals surface area (Å²) in [5.41, 5.74) is 3.31. The van der Waals surface area contributed by atoms with E-state index in [9.17, 15) is 4.79 Å². The molecule has 1 amide bonds. The molecule has 0 saturated carbocycles. The van der Waals surface area contributed by atoms with Crippen molar-refractivity contribution >= 4 is 17.3 Å². The Bertz CT molecular complexity index is 942. The van der Waals surface area contributed by atoms with Crippen molar-refractivity contribution in [3.8, 4) is 11.5 Å². The summed E-state index contributed by atoms with van der Waals surface area (Å²) >= 11 is 0. The van der Waals surface area contributed by atoms with Gasteiger partial charge in [-0.1, -0.05) is 42.5 Å². The molecule has 0 aliphatic carbocycles. The number of anilines is 2. The molecular weight excluding hydrogens is 352 g/mol. The van der Waals surface area contributed by atoms with Gasteiger partial charge in [0.15, 0.2) is 11.5 Å². The molecule has 0 atom stereocenters. The first-order valence-electron chi connectivity index (χ1n) is 9.01. The van der Waals surface area contributed by atoms with Gasteiger partial charge in [-0.3, -0.25) is 4.79 Å². The van der Waals surface area contributed by atoms with E-state index in [1.807, 2.05) is 84.7 Å². The molecule has 0 aliphatic rings. The molecule has 3 rings (SSSR count). The third-order valence-corrected chi connectivity index (χ3v) is 4.58. The highest BCUT2D eigenvalue weighted by molar-refractivity contribution is 6.00. The van der Waals surface area contributed by atoms with Crippen molar-refractivity contribution in [1.82, 2.24) is 5.32 Å². The Morgan fingerprint density at radius 3 is 2.32 bits per heavy atom. The Hall–Kier alpha value is -3.47. The molecule has 0 aliphatic heterocycles. The Labute approximate surface area is 165 Å². The predicted molar refractivity (Wildman–Crippen MR) is 112 cm³/mol. The van der Waals surface area contributed by atoms with E-state index in [4.69, 9.17) is 9.47 Å². The molecule has 3 aromatic rings. The van der Waals surface area contributed by atoms with Crippen LogP contribution < -0.4 is 19.7 Å². The number of rotatable bonds is 7. The van der Waals surface area contributed by atoms with E-state index in [1.54, 1.807) is 14.2 Å². The lowest BCUT2D eigenvalue weighted by Gasteiger charge is -2.22. The number of benzene rings is 3. The molecule has 5 nitrogen and oxygen atoms in total. The molecule has 0 saturated heterocycles. The number of carbonyl (C=O) groups excluding carboxylic acids is 1. The van der Waals surface area contributed by atoms with Gasteiger partial charge in [-0.15, -0.1) is 0 Å². The van der Waals surface area contributed by atoms with Crippen molar-refractivity contribution in [2.24, 2.45) is 0 Å². The number of para-hydroxylation sites is 3. The van der Waals surface area contributed by atoms with E-state index >= 15 is 0 Å². The smallest absolute Gasteiger partial charge is 0.253 e. The maximum Gasteiger partial charge on any atom is 0.253 e. The zero-order valence-corrected chi connectivity index (χ0v) is 16.3. The fourth-order valence-electron chi connectivity index (χ4n) is 3.11. The lowest BCUT2D eigenvalue weighted by atomic mass is 10.1. The topological polar surface area (TPSA) is 50.8 Å². The van der Waals surface area contributed by atoms with Crippen LogP contribution in [-0.4, -0.2) is 27.2 Å². The molecule has 0 radical (unpaired) electrons. The predicted octanol–water partition coefficient (Wildman–Crippen LogP) is 4.40. The molecule has 0 fully saturated rings. The largest absolute Gasteiger partial charge is 0.493 e. The number of amides is 1. The number of nitrogens with zero attached hydrogens (tertiary/aromatic N) is 1. The zero-order valence-electron chi connectivity index (χ0n) is 16.3. The number of hydrogen-bond donors (Lipinski definition) is 1. The molecule has 0 spiro atoms. The minimum Gasteiger partial charge on any atom is -0.493 e. The normalized spacial score (nSPS) is 10.2. The van der Waals surface area contributed by atoms with Gasteiger partial charge >= 0.3 is 0 Å². The Kier molecular flexibility index (Phi) is 6.17. The van der Waals surface area contributed by atoms with Crippen LogP contribution in [0.25, 0.3) is 0 Å². The van der Waals surface area contributed by atoms with Gasteiger partial charge in [0.2, 0.25) is 0 Å². The summed E-state index contributed by atoms with van der Waals surface area (Å²) in [6.45, 7) is 0.336. The first kappa shape index (κ1) is 19.3. The van der Waals surface area contributed by atoms with Crippen molar-refractivity contribution in [1.29, 1.82) is 0 Å². The zero-order chi connectivity index (χ0) is 19.9. The Morgan fingerprint density at radius 2 is 1.61 bits per heavy atom. The summed E-state index contributed by atoms with van der Waals surface area (Å²) in [5.74, 6) is 1.11. The summed E-state index contributed by atoms with van der Waals surface area (Å²) in [5, 5.41) is 2.99. The lowest BCUT2D eigenvalue weighted by Crippen LogP contribution is -2.25. The monoisotopic (exact) mass is 376 g/mol. The molecular formula is C23H24N2O3. The Balaban J connectivity index is 1.81. The lowest BCUT2D eigenvalue weighted by molar-refractivity contribution is 0.0951. The third kappa shape index (κ3) is 4.09. The maximum absolute atomic E-state index is 12.9. The number of methoxy groups -OCH3 is 2. The Morgan fingerprint density at radius 1 is 0.893 bits per heavy atom. The number of hydrogen-bond acceptors (Lipinski definition) is 4. The second kappa shape index (κ2) is 8.95. The van der Waals surface area contributed by atoms with E-state index in [2.05, 4.69) is 5.32 Å². The number of ether oxygens (including phenoxy) is 2. The van der Waals surface area contributed by atoms with Crippen LogP contribution >= 0.6 is 0 Å². The third-order valence-electron chi connectivity index (χ3n) is 4.58. The van der Waals surface area contributed by atoms with Crippen LogP contribution in [0.3, 0.4) is 0 Å². The van der Waals surface area contributed by atoms with E-state index in [0.717, 1.165) is 16.9 Å². The van der Waals surface area contributed by atoms with Crippen LogP contribution in [0, 0.1) is 0 Å². The molecule has 0 bridgehead atoms. The summed E-state index contributed by atoms with van der Waals surface area (Å²) in [7, 11) is 5.13. The van der Waals surface area contributed by atoms with Crippen molar-refractivity contribution in [3.05, 3.63) is 83.9 Å². The first-order chi connectivity index (χ1) is 13.7. The van der Waals surface area contributed by atoms with Gasteiger partial charge in [-0.2, -0.15) is 0 Å². The highest BCUT2D eigenvalue weighted by Gasteiger charge is 2.16. The second-order valence-corrected chi connectivity index (χ2v) is 6.25. The fourth-order valence-corrected chi connectivity index (χ4v) is 3.11. The van der Waals surface area contributed by atoms with Gasteiger partial charge in [-0.25, -0.2) is 0 Å². The molecule has 144 valence electrons. The van der Waals surface area contributed by atoms with Gasteiger partial charge in [-0.05, 0) is 30.3 Å². The van der Waals surface area contributed by atoms with Gasteiger partial charge in [0, 0.05) is 24.8 Å². The van der Waals surface area contributed by atoms with Gasteiger partial charge in [0.25, 0.3) is 5.91 Å². The van der Waals surface area contributed by atoms with Gasteiger partial charge < -0.3 is 19.7 Å². The first-order valence-corrected chi connectivity index (χ1v) is 9.01. The SMILES string of the molecule is COc1cccc(CNC(=O)c2ccccc2N(C)c2ccccc2)c1OC. The maximum atomic E-state index is 12.9. The molecule has 1 N–H and O–H groups in total. The molecule has 0 heterocycles. The van der Waals surface area contributed by atoms with Crippen molar-refractivity contribution in [3.63, 3.8) is 0 Å². The highest BCUT2D eigenvalue weighted by atomic mass is 16.5. The van der Waals surface area contributed by atoms with Crippen LogP contribution in [0.1, 0.15) is 15.9 Å². The highest BCUT2D eigenvalue weighted by Crippen LogP contribution is 2.31. The molecule has 3 aromatic carbocycles. The number of carbonyl (C=O) groups is 1. The summed E-state index contributed by atoms with van der Waals surface area (Å²) < 4.78 is 10.8. The van der Waals surface area contributed by atoms with Crippen molar-refractivity contribution in [2.75, 3.05) is 26.2 Å². The van der Waals surface area contributed by atoms with Gasteiger partial charge in [0.1, 0.15) is 0 Å². The minimum absolute atomic E-state index is 0.150. The minimum atomic E-state index is -0.150. The average molecular weight is 376 g/mol. The standard InChI is InChI=1S/C23H24N2O3/c1-25(18-11-5-4-6-12-18)20-14-8-7-13-19(20)23(26)24-16-17-10-9-15-21(27-2)22(17)28-3/h4-15H,16H2,1-3H3,(H,24,26). The van der Waals surface area contributed by atoms with Crippen LogP contribution in [0.5, 0.6) is 11.5 Å². The fraction of sp³-hybridized carbons (Fsp3) is 0.174. The van der Waals surface area contributed by atoms with E-state index in [1.165, 1.54) is 0 Å². The van der Waals surface area contributed by atoms with Crippen LogP contribution in [0.15, 0.2) is 72.8 Å². The summed E-state index contributed by atoms with van der Waals surface area (Å²) in [6, 6.07) is 23.1. The molecule has 5 heteroatoms. The van der Waals surface area contributed by atoms with Crippen molar-refractivity contribution < 1.29 is 14.3 Å². The van der Waals surface area contributed by atoms with E-state index in [-0.39, 0.29) is 5.91 Å². The van der Waals surface area contributed by atoms with Crippen molar-refractivity contribution in [2.45, 2.75) is 6.54 Å². The van der Waals surface area contributed by atoms with E-state index < -0.39 is 0 Å². The van der Waals surface area contributed by atoms with Crippen LogP contribution in [-0.2, 0) is 6.54 Å². The van der Waals surface area contributed by atoms with Gasteiger partial charge in [0.05, 0.1) is 25.5 Å². The van der Waals surface area contributed by atoms with E-state index in [0.29, 0.717) is 23.6 Å². The summed E-state index contributed by atoms with van der Waals surface area (Å²) in [4.78, 5) is 14.9. The quantitative estimate of drug-likeness (QED) is 0.664. The molecule has 0 aromatic heterocycles. The average Bonchev–Trinajstić information content (AvgIpc) is 2.77. The van der Waals surface area contributed by atoms with Crippen LogP contribution in [0.4, 0.5) is 11.4 Å². The molecule has 0 unspecified atom stereocenters. The van der Waals surface area contributed by atoms with Crippen LogP contribution in [0.2, 0.25) is 0 Å². The number of nitrogens with one attached hydrogen (secondary N) is 1. The summed E-state index contributed by atoms with van der Waals surface area (Å²) in [6.07, 6.45) is 0.